The molecule has 4 aromatic rings. The Kier molecular flexibility index (Phi) is 5.75. The zero-order valence-electron chi connectivity index (χ0n) is 17.8. The molecule has 1 amide bonds. The van der Waals surface area contributed by atoms with E-state index in [2.05, 4.69) is 20.1 Å². The summed E-state index contributed by atoms with van der Waals surface area (Å²) in [5.74, 6) is 0.754. The van der Waals surface area contributed by atoms with Crippen molar-refractivity contribution in [1.29, 1.82) is 0 Å². The summed E-state index contributed by atoms with van der Waals surface area (Å²) in [6.45, 7) is 0.633. The maximum Gasteiger partial charge on any atom is 0.255 e. The first kappa shape index (κ1) is 21.1. The van der Waals surface area contributed by atoms with Gasteiger partial charge >= 0.3 is 0 Å². The third kappa shape index (κ3) is 4.29. The number of nitrogen functional groups attached to an aromatic ring is 1. The van der Waals surface area contributed by atoms with Gasteiger partial charge in [0.05, 0.1) is 17.3 Å². The summed E-state index contributed by atoms with van der Waals surface area (Å²) in [6.07, 6.45) is 9.53. The topological polar surface area (TPSA) is 103 Å². The van der Waals surface area contributed by atoms with Crippen LogP contribution in [0.4, 0.5) is 5.95 Å². The predicted octanol–water partition coefficient (Wildman–Crippen LogP) is 4.33. The first-order chi connectivity index (χ1) is 16.1. The van der Waals surface area contributed by atoms with Crippen molar-refractivity contribution < 1.29 is 4.79 Å². The molecule has 3 aromatic heterocycles. The van der Waals surface area contributed by atoms with Crippen molar-refractivity contribution in [3.8, 4) is 16.9 Å². The van der Waals surface area contributed by atoms with Gasteiger partial charge in [-0.2, -0.15) is 5.10 Å². The number of hydrogen-bond donors (Lipinski definition) is 1. The summed E-state index contributed by atoms with van der Waals surface area (Å²) < 4.78 is 1.65. The molecule has 0 bridgehead atoms. The van der Waals surface area contributed by atoms with E-state index in [-0.39, 0.29) is 17.9 Å². The maximum atomic E-state index is 13.5. The molecule has 4 heterocycles. The predicted molar refractivity (Wildman–Crippen MR) is 126 cm³/mol. The number of carbonyl (C=O) groups excluding carboxylic acids is 1. The zero-order valence-corrected chi connectivity index (χ0v) is 18.6. The lowest BCUT2D eigenvalue weighted by Gasteiger charge is -2.36. The zero-order chi connectivity index (χ0) is 22.8. The van der Waals surface area contributed by atoms with E-state index in [1.165, 1.54) is 0 Å². The summed E-state index contributed by atoms with van der Waals surface area (Å²) in [7, 11) is 0. The molecule has 0 spiro atoms. The van der Waals surface area contributed by atoms with E-state index in [1.54, 1.807) is 35.4 Å². The van der Waals surface area contributed by atoms with Crippen molar-refractivity contribution >= 4 is 23.5 Å². The number of aromatic nitrogens is 5. The van der Waals surface area contributed by atoms with Crippen molar-refractivity contribution in [1.82, 2.24) is 29.6 Å². The molecular weight excluding hydrogens is 438 g/mol. The summed E-state index contributed by atoms with van der Waals surface area (Å²) in [5.41, 5.74) is 9.01. The number of hydrogen-bond acceptors (Lipinski definition) is 6. The molecule has 0 radical (unpaired) electrons. The van der Waals surface area contributed by atoms with Crippen molar-refractivity contribution in [2.45, 2.75) is 25.3 Å². The normalized spacial score (nSPS) is 16.0. The third-order valence-electron chi connectivity index (χ3n) is 5.81. The van der Waals surface area contributed by atoms with Crippen molar-refractivity contribution in [2.24, 2.45) is 0 Å². The minimum Gasteiger partial charge on any atom is -0.368 e. The molecule has 1 unspecified atom stereocenters. The van der Waals surface area contributed by atoms with Crippen LogP contribution in [0.5, 0.6) is 0 Å². The fourth-order valence-corrected chi connectivity index (χ4v) is 4.32. The standard InChI is InChI=1S/C24H22ClN7O/c25-18-8-5-16(6-9-18)19-15-28-24(26)30-22(19)20-4-1-2-12-31(20)23(33)17-7-10-21(27-14-17)32-13-3-11-29-32/h3,5-11,13-15,20H,1-2,4,12H2,(H2,26,28,30). The first-order valence-corrected chi connectivity index (χ1v) is 11.1. The highest BCUT2D eigenvalue weighted by Gasteiger charge is 2.32. The summed E-state index contributed by atoms with van der Waals surface area (Å²) in [5, 5.41) is 4.83. The Balaban J connectivity index is 1.49. The maximum absolute atomic E-state index is 13.5. The van der Waals surface area contributed by atoms with Crippen LogP contribution in [-0.4, -0.2) is 42.1 Å². The van der Waals surface area contributed by atoms with Gasteiger partial charge in [-0.1, -0.05) is 23.7 Å². The van der Waals surface area contributed by atoms with E-state index < -0.39 is 0 Å². The molecule has 1 aliphatic heterocycles. The number of amides is 1. The lowest BCUT2D eigenvalue weighted by atomic mass is 9.93. The highest BCUT2D eigenvalue weighted by atomic mass is 35.5. The molecule has 1 aromatic carbocycles. The van der Waals surface area contributed by atoms with Crippen LogP contribution in [-0.2, 0) is 0 Å². The second kappa shape index (κ2) is 8.99. The van der Waals surface area contributed by atoms with Gasteiger partial charge in [-0.3, -0.25) is 4.79 Å². The van der Waals surface area contributed by atoms with Gasteiger partial charge in [0, 0.05) is 41.9 Å². The van der Waals surface area contributed by atoms with Gasteiger partial charge in [0.25, 0.3) is 5.91 Å². The van der Waals surface area contributed by atoms with Crippen molar-refractivity contribution in [2.75, 3.05) is 12.3 Å². The van der Waals surface area contributed by atoms with Crippen LogP contribution in [0.15, 0.2) is 67.3 Å². The number of pyridine rings is 1. The van der Waals surface area contributed by atoms with Crippen LogP contribution in [0, 0.1) is 0 Å². The lowest BCUT2D eigenvalue weighted by Crippen LogP contribution is -2.39. The molecule has 1 saturated heterocycles. The Morgan fingerprint density at radius 3 is 2.64 bits per heavy atom. The number of halogens is 1. The molecule has 8 nitrogen and oxygen atoms in total. The SMILES string of the molecule is Nc1ncc(-c2ccc(Cl)cc2)c(C2CCCCN2C(=O)c2ccc(-n3cccn3)nc2)n1. The van der Waals surface area contributed by atoms with E-state index in [0.717, 1.165) is 36.1 Å². The largest absolute Gasteiger partial charge is 0.368 e. The number of benzene rings is 1. The van der Waals surface area contributed by atoms with Crippen LogP contribution in [0.3, 0.4) is 0 Å². The van der Waals surface area contributed by atoms with Gasteiger partial charge in [-0.15, -0.1) is 0 Å². The Morgan fingerprint density at radius 2 is 1.91 bits per heavy atom. The van der Waals surface area contributed by atoms with Crippen LogP contribution in [0.2, 0.25) is 5.02 Å². The van der Waals surface area contributed by atoms with Crippen molar-refractivity contribution in [3.63, 3.8) is 0 Å². The summed E-state index contributed by atoms with van der Waals surface area (Å²) >= 11 is 6.07. The van der Waals surface area contributed by atoms with Crippen LogP contribution in [0.25, 0.3) is 16.9 Å². The minimum atomic E-state index is -0.215. The highest BCUT2D eigenvalue weighted by Crippen LogP contribution is 2.37. The number of carbonyl (C=O) groups is 1. The summed E-state index contributed by atoms with van der Waals surface area (Å²) in [6, 6.07) is 12.7. The number of nitrogens with zero attached hydrogens (tertiary/aromatic N) is 6. The van der Waals surface area contributed by atoms with E-state index in [1.807, 2.05) is 41.4 Å². The Morgan fingerprint density at radius 1 is 1.06 bits per heavy atom. The molecular formula is C24H22ClN7O. The molecule has 0 saturated carbocycles. The fourth-order valence-electron chi connectivity index (χ4n) is 4.19. The Labute approximate surface area is 196 Å². The smallest absolute Gasteiger partial charge is 0.255 e. The monoisotopic (exact) mass is 459 g/mol. The Bertz CT molecular complexity index is 1260. The van der Waals surface area contributed by atoms with E-state index in [0.29, 0.717) is 22.9 Å². The van der Waals surface area contributed by atoms with E-state index in [9.17, 15) is 4.79 Å². The summed E-state index contributed by atoms with van der Waals surface area (Å²) in [4.78, 5) is 28.6. The third-order valence-corrected chi connectivity index (χ3v) is 6.06. The molecule has 5 rings (SSSR count). The molecule has 1 fully saturated rings. The highest BCUT2D eigenvalue weighted by molar-refractivity contribution is 6.30. The molecule has 9 heteroatoms. The lowest BCUT2D eigenvalue weighted by molar-refractivity contribution is 0.0606. The van der Waals surface area contributed by atoms with Crippen molar-refractivity contribution in [3.05, 3.63) is 83.5 Å². The number of likely N-dealkylation sites (tertiary alicyclic amines) is 1. The van der Waals surface area contributed by atoms with Gasteiger partial charge in [0.1, 0.15) is 0 Å². The molecule has 1 aliphatic rings. The molecule has 1 atom stereocenters. The minimum absolute atomic E-state index is 0.0848. The molecule has 2 N–H and O–H groups in total. The fraction of sp³-hybridized carbons (Fsp3) is 0.208. The van der Waals surface area contributed by atoms with Gasteiger partial charge in [0.15, 0.2) is 5.82 Å². The van der Waals surface area contributed by atoms with E-state index >= 15 is 0 Å². The quantitative estimate of drug-likeness (QED) is 0.487. The van der Waals surface area contributed by atoms with Crippen LogP contribution < -0.4 is 5.73 Å². The van der Waals surface area contributed by atoms with Gasteiger partial charge in [-0.25, -0.2) is 19.6 Å². The average molecular weight is 460 g/mol. The molecule has 0 aliphatic carbocycles. The van der Waals surface area contributed by atoms with E-state index in [4.69, 9.17) is 17.3 Å². The second-order valence-electron chi connectivity index (χ2n) is 7.90. The first-order valence-electron chi connectivity index (χ1n) is 10.8. The number of piperidine rings is 1. The van der Waals surface area contributed by atoms with Crippen LogP contribution >= 0.6 is 11.6 Å². The molecule has 166 valence electrons. The molecule has 33 heavy (non-hydrogen) atoms. The van der Waals surface area contributed by atoms with Gasteiger partial charge in [-0.05, 0) is 55.2 Å². The average Bonchev–Trinajstić information content (AvgIpc) is 3.39. The van der Waals surface area contributed by atoms with Crippen LogP contribution in [0.1, 0.15) is 41.4 Å². The number of anilines is 1. The number of nitrogens with two attached hydrogens (primary N) is 1. The number of rotatable bonds is 4. The van der Waals surface area contributed by atoms with Gasteiger partial charge < -0.3 is 10.6 Å². The van der Waals surface area contributed by atoms with Gasteiger partial charge in [0.2, 0.25) is 5.95 Å². The second-order valence-corrected chi connectivity index (χ2v) is 8.34. The Hall–Kier alpha value is -3.78.